The average molecular weight is 805 g/mol. The SMILES string of the molecule is c1ccc(-c2ccc(-c3cc4c5ccccc5oc4c4c3c3ccccc3n4-c3ccc(N(c4ccc(-c5ccccc5)cc4)c4ccccc4-c4ccccc4)cc3)cc2)cc1. The van der Waals surface area contributed by atoms with Gasteiger partial charge in [0, 0.05) is 44.2 Å². The number of aromatic nitrogens is 1. The van der Waals surface area contributed by atoms with Crippen molar-refractivity contribution in [1.82, 2.24) is 4.57 Å². The van der Waals surface area contributed by atoms with Crippen molar-refractivity contribution in [3.05, 3.63) is 243 Å². The van der Waals surface area contributed by atoms with Crippen LogP contribution in [0.25, 0.3) is 93.9 Å². The van der Waals surface area contributed by atoms with Gasteiger partial charge in [-0.25, -0.2) is 0 Å². The molecule has 10 aromatic carbocycles. The van der Waals surface area contributed by atoms with Crippen molar-refractivity contribution >= 4 is 60.8 Å². The monoisotopic (exact) mass is 804 g/mol. The van der Waals surface area contributed by atoms with Crippen molar-refractivity contribution in [2.45, 2.75) is 0 Å². The average Bonchev–Trinajstić information content (AvgIpc) is 3.92. The minimum absolute atomic E-state index is 0.878. The van der Waals surface area contributed by atoms with Gasteiger partial charge in [-0.05, 0) is 99.6 Å². The van der Waals surface area contributed by atoms with E-state index in [0.29, 0.717) is 0 Å². The van der Waals surface area contributed by atoms with E-state index in [-0.39, 0.29) is 0 Å². The van der Waals surface area contributed by atoms with Gasteiger partial charge in [0.05, 0.1) is 16.7 Å². The van der Waals surface area contributed by atoms with Gasteiger partial charge in [-0.15, -0.1) is 0 Å². The van der Waals surface area contributed by atoms with Crippen LogP contribution < -0.4 is 4.90 Å². The Morgan fingerprint density at radius 2 is 0.825 bits per heavy atom. The van der Waals surface area contributed by atoms with E-state index in [2.05, 4.69) is 252 Å². The van der Waals surface area contributed by atoms with Crippen molar-refractivity contribution in [3.63, 3.8) is 0 Å². The molecule has 2 heterocycles. The quantitative estimate of drug-likeness (QED) is 0.153. The van der Waals surface area contributed by atoms with Gasteiger partial charge >= 0.3 is 0 Å². The first-order valence-corrected chi connectivity index (χ1v) is 21.5. The van der Waals surface area contributed by atoms with E-state index in [1.807, 2.05) is 0 Å². The third kappa shape index (κ3) is 6.29. The van der Waals surface area contributed by atoms with E-state index in [9.17, 15) is 0 Å². The highest BCUT2D eigenvalue weighted by atomic mass is 16.3. The summed E-state index contributed by atoms with van der Waals surface area (Å²) < 4.78 is 9.27. The minimum Gasteiger partial charge on any atom is -0.454 e. The summed E-state index contributed by atoms with van der Waals surface area (Å²) in [7, 11) is 0. The topological polar surface area (TPSA) is 21.3 Å². The molecule has 0 radical (unpaired) electrons. The van der Waals surface area contributed by atoms with E-state index in [1.165, 1.54) is 44.2 Å². The van der Waals surface area contributed by atoms with E-state index < -0.39 is 0 Å². The summed E-state index contributed by atoms with van der Waals surface area (Å²) in [5.41, 5.74) is 17.7. The molecule has 0 aliphatic carbocycles. The Hall–Kier alpha value is -8.40. The Labute approximate surface area is 366 Å². The molecule has 0 saturated carbocycles. The standard InChI is InChI=1S/C60H40N2O/c1-4-16-41(17-5-1)43-28-30-46(31-29-43)53-40-54-51-23-12-15-27-57(51)63-60(54)59-58(53)52-24-11-14-26-56(52)62(59)49-38-36-48(37-39-49)61(47-34-32-44(33-35-47)42-18-6-2-7-19-42)55-25-13-10-22-50(55)45-20-8-3-9-21-45/h1-40H. The van der Waals surface area contributed by atoms with Crippen LogP contribution in [0.2, 0.25) is 0 Å². The Bertz CT molecular complexity index is 3570. The zero-order chi connectivity index (χ0) is 41.7. The van der Waals surface area contributed by atoms with Gasteiger partial charge in [-0.3, -0.25) is 0 Å². The molecule has 0 N–H and O–H groups in total. The second-order valence-corrected chi connectivity index (χ2v) is 16.1. The maximum atomic E-state index is 6.87. The molecule has 0 bridgehead atoms. The van der Waals surface area contributed by atoms with Crippen LogP contribution in [0.5, 0.6) is 0 Å². The van der Waals surface area contributed by atoms with Gasteiger partial charge in [0.2, 0.25) is 0 Å². The third-order valence-electron chi connectivity index (χ3n) is 12.4. The van der Waals surface area contributed by atoms with Crippen LogP contribution in [0, 0.1) is 0 Å². The highest BCUT2D eigenvalue weighted by Crippen LogP contribution is 2.47. The first kappa shape index (κ1) is 36.5. The molecule has 63 heavy (non-hydrogen) atoms. The molecule has 0 fully saturated rings. The first-order chi connectivity index (χ1) is 31.3. The van der Waals surface area contributed by atoms with E-state index >= 15 is 0 Å². The van der Waals surface area contributed by atoms with Gasteiger partial charge in [0.25, 0.3) is 0 Å². The van der Waals surface area contributed by atoms with Crippen LogP contribution >= 0.6 is 0 Å². The van der Waals surface area contributed by atoms with Crippen LogP contribution in [0.3, 0.4) is 0 Å². The summed E-state index contributed by atoms with van der Waals surface area (Å²) in [6.45, 7) is 0. The van der Waals surface area contributed by atoms with Crippen molar-refractivity contribution in [3.8, 4) is 50.2 Å². The highest BCUT2D eigenvalue weighted by molar-refractivity contribution is 6.26. The number of hydrogen-bond acceptors (Lipinski definition) is 2. The lowest BCUT2D eigenvalue weighted by Crippen LogP contribution is -2.11. The van der Waals surface area contributed by atoms with Gasteiger partial charge in [-0.1, -0.05) is 182 Å². The molecule has 296 valence electrons. The Morgan fingerprint density at radius 1 is 0.349 bits per heavy atom. The van der Waals surface area contributed by atoms with Gasteiger partial charge in [0.15, 0.2) is 5.58 Å². The van der Waals surface area contributed by atoms with Crippen LogP contribution in [-0.2, 0) is 0 Å². The fourth-order valence-electron chi connectivity index (χ4n) is 9.44. The maximum absolute atomic E-state index is 6.87. The highest BCUT2D eigenvalue weighted by Gasteiger charge is 2.24. The first-order valence-electron chi connectivity index (χ1n) is 21.5. The molecule has 0 aliphatic rings. The van der Waals surface area contributed by atoms with Crippen LogP contribution in [0.1, 0.15) is 0 Å². The second kappa shape index (κ2) is 15.3. The number of nitrogens with zero attached hydrogens (tertiary/aromatic N) is 2. The smallest absolute Gasteiger partial charge is 0.160 e. The molecule has 0 unspecified atom stereocenters. The minimum atomic E-state index is 0.878. The predicted octanol–water partition coefficient (Wildman–Crippen LogP) is 16.8. The van der Waals surface area contributed by atoms with Gasteiger partial charge in [0.1, 0.15) is 5.58 Å². The molecule has 0 spiro atoms. The molecule has 0 saturated heterocycles. The van der Waals surface area contributed by atoms with Crippen molar-refractivity contribution in [2.75, 3.05) is 4.90 Å². The molecule has 0 atom stereocenters. The van der Waals surface area contributed by atoms with Crippen LogP contribution in [-0.4, -0.2) is 4.57 Å². The Balaban J connectivity index is 1.05. The fraction of sp³-hybridized carbons (Fsp3) is 0. The lowest BCUT2D eigenvalue weighted by atomic mass is 9.95. The number of furan rings is 1. The van der Waals surface area contributed by atoms with E-state index in [4.69, 9.17) is 4.42 Å². The van der Waals surface area contributed by atoms with Crippen LogP contribution in [0.4, 0.5) is 17.1 Å². The summed E-state index contributed by atoms with van der Waals surface area (Å²) in [6.07, 6.45) is 0. The lowest BCUT2D eigenvalue weighted by molar-refractivity contribution is 0.671. The third-order valence-corrected chi connectivity index (χ3v) is 12.4. The molecule has 12 rings (SSSR count). The summed E-state index contributed by atoms with van der Waals surface area (Å²) in [5, 5.41) is 4.56. The number of anilines is 3. The molecule has 3 nitrogen and oxygen atoms in total. The summed E-state index contributed by atoms with van der Waals surface area (Å²) in [4.78, 5) is 2.38. The zero-order valence-corrected chi connectivity index (χ0v) is 34.4. The molecule has 0 aliphatic heterocycles. The van der Waals surface area contributed by atoms with Crippen molar-refractivity contribution in [1.29, 1.82) is 0 Å². The zero-order valence-electron chi connectivity index (χ0n) is 34.4. The molecule has 12 aromatic rings. The number of hydrogen-bond donors (Lipinski definition) is 0. The van der Waals surface area contributed by atoms with Crippen molar-refractivity contribution in [2.24, 2.45) is 0 Å². The Kier molecular flexibility index (Phi) is 8.83. The summed E-state index contributed by atoms with van der Waals surface area (Å²) >= 11 is 0. The number of rotatable bonds is 8. The summed E-state index contributed by atoms with van der Waals surface area (Å²) in [5.74, 6) is 0. The van der Waals surface area contributed by atoms with E-state index in [0.717, 1.165) is 66.8 Å². The molecular formula is C60H40N2O. The predicted molar refractivity (Wildman–Crippen MR) is 264 cm³/mol. The summed E-state index contributed by atoms with van der Waals surface area (Å²) in [6, 6.07) is 86.9. The lowest BCUT2D eigenvalue weighted by Gasteiger charge is -2.28. The molecule has 3 heteroatoms. The maximum Gasteiger partial charge on any atom is 0.160 e. The number of para-hydroxylation sites is 3. The number of fused-ring (bicyclic) bond motifs is 7. The Morgan fingerprint density at radius 3 is 1.49 bits per heavy atom. The molecule has 0 amide bonds. The van der Waals surface area contributed by atoms with Crippen LogP contribution in [0.15, 0.2) is 247 Å². The van der Waals surface area contributed by atoms with Gasteiger partial charge in [-0.2, -0.15) is 0 Å². The normalized spacial score (nSPS) is 11.5. The second-order valence-electron chi connectivity index (χ2n) is 16.1. The molecular weight excluding hydrogens is 765 g/mol. The van der Waals surface area contributed by atoms with Gasteiger partial charge < -0.3 is 13.9 Å². The molecule has 2 aromatic heterocycles. The number of benzene rings is 10. The van der Waals surface area contributed by atoms with Crippen molar-refractivity contribution < 1.29 is 4.42 Å². The van der Waals surface area contributed by atoms with E-state index in [1.54, 1.807) is 0 Å². The fourth-order valence-corrected chi connectivity index (χ4v) is 9.44. The largest absolute Gasteiger partial charge is 0.454 e.